The van der Waals surface area contributed by atoms with Crippen LogP contribution < -0.4 is 15.4 Å². The van der Waals surface area contributed by atoms with E-state index in [1.807, 2.05) is 24.5 Å². The zero-order chi connectivity index (χ0) is 23.3. The largest absolute Gasteiger partial charge is 0.480 e. The SMILES string of the molecule is CNC(=O)c1cnn2ccc(-c3c[nH]c4nc(NC5CCC6(CC5)COC6)nc(OC)c34)cc12. The van der Waals surface area contributed by atoms with Crippen LogP contribution in [0.5, 0.6) is 5.88 Å². The summed E-state index contributed by atoms with van der Waals surface area (Å²) in [6.07, 6.45) is 9.82. The maximum atomic E-state index is 12.2. The smallest absolute Gasteiger partial charge is 0.254 e. The highest BCUT2D eigenvalue weighted by atomic mass is 16.5. The number of nitrogens with zero attached hydrogens (tertiary/aromatic N) is 4. The highest BCUT2D eigenvalue weighted by Crippen LogP contribution is 2.43. The molecule has 0 bridgehead atoms. The van der Waals surface area contributed by atoms with Crippen molar-refractivity contribution < 1.29 is 14.3 Å². The van der Waals surface area contributed by atoms with Gasteiger partial charge in [0.2, 0.25) is 11.8 Å². The summed E-state index contributed by atoms with van der Waals surface area (Å²) < 4.78 is 12.8. The molecule has 3 N–H and O–H groups in total. The molecule has 5 heterocycles. The van der Waals surface area contributed by atoms with E-state index >= 15 is 0 Å². The van der Waals surface area contributed by atoms with Gasteiger partial charge in [0, 0.05) is 36.5 Å². The van der Waals surface area contributed by atoms with Gasteiger partial charge >= 0.3 is 0 Å². The van der Waals surface area contributed by atoms with E-state index in [1.54, 1.807) is 24.9 Å². The quantitative estimate of drug-likeness (QED) is 0.418. The molecular formula is C24H27N7O3. The van der Waals surface area contributed by atoms with E-state index in [4.69, 9.17) is 14.5 Å². The highest BCUT2D eigenvalue weighted by molar-refractivity contribution is 6.02. The number of nitrogens with one attached hydrogen (secondary N) is 3. The molecule has 1 amide bonds. The standard InChI is InChI=1S/C24H27N7O3/c1-25-21(32)17-11-27-31-8-5-14(9-18(17)31)16-10-26-20-19(16)22(33-2)30-23(29-20)28-15-3-6-24(7-4-15)12-34-13-24/h5,8-11,15H,3-4,6-7,12-13H2,1-2H3,(H,25,32)(H2,26,28,29,30). The van der Waals surface area contributed by atoms with E-state index in [0.717, 1.165) is 48.1 Å². The summed E-state index contributed by atoms with van der Waals surface area (Å²) in [5.41, 5.74) is 4.15. The molecule has 1 aliphatic heterocycles. The van der Waals surface area contributed by atoms with Crippen molar-refractivity contribution in [1.29, 1.82) is 0 Å². The number of carbonyl (C=O) groups excluding carboxylic acids is 1. The maximum absolute atomic E-state index is 12.2. The molecule has 1 aliphatic carbocycles. The van der Waals surface area contributed by atoms with Gasteiger partial charge in [-0.05, 0) is 43.4 Å². The highest BCUT2D eigenvalue weighted by Gasteiger charge is 2.41. The lowest BCUT2D eigenvalue weighted by molar-refractivity contribution is -0.131. The molecule has 2 aliphatic rings. The number of carbonyl (C=O) groups is 1. The number of anilines is 1. The van der Waals surface area contributed by atoms with Crippen molar-refractivity contribution in [3.05, 3.63) is 36.3 Å². The van der Waals surface area contributed by atoms with Crippen molar-refractivity contribution in [3.63, 3.8) is 0 Å². The third-order valence-corrected chi connectivity index (χ3v) is 7.19. The Hall–Kier alpha value is -3.66. The lowest BCUT2D eigenvalue weighted by atomic mass is 9.71. The zero-order valence-corrected chi connectivity index (χ0v) is 19.2. The van der Waals surface area contributed by atoms with Gasteiger partial charge < -0.3 is 25.1 Å². The fourth-order valence-electron chi connectivity index (χ4n) is 5.13. The van der Waals surface area contributed by atoms with Crippen LogP contribution in [-0.4, -0.2) is 63.9 Å². The van der Waals surface area contributed by atoms with Crippen molar-refractivity contribution in [2.75, 3.05) is 32.7 Å². The molecule has 1 saturated carbocycles. The minimum atomic E-state index is -0.179. The number of H-pyrrole nitrogens is 1. The van der Waals surface area contributed by atoms with E-state index in [0.29, 0.717) is 34.5 Å². The van der Waals surface area contributed by atoms with E-state index in [9.17, 15) is 4.79 Å². The Morgan fingerprint density at radius 3 is 2.82 bits per heavy atom. The van der Waals surface area contributed by atoms with Gasteiger partial charge in [-0.2, -0.15) is 15.1 Å². The summed E-state index contributed by atoms with van der Waals surface area (Å²) in [7, 11) is 3.23. The number of hydrogen-bond donors (Lipinski definition) is 3. The number of hydrogen-bond acceptors (Lipinski definition) is 7. The van der Waals surface area contributed by atoms with E-state index in [-0.39, 0.29) is 5.91 Å². The van der Waals surface area contributed by atoms with Crippen LogP contribution in [-0.2, 0) is 4.74 Å². The van der Waals surface area contributed by atoms with E-state index < -0.39 is 0 Å². The third kappa shape index (κ3) is 3.37. The third-order valence-electron chi connectivity index (χ3n) is 7.19. The first-order valence-electron chi connectivity index (χ1n) is 11.6. The fourth-order valence-corrected chi connectivity index (χ4v) is 5.13. The molecule has 0 radical (unpaired) electrons. The van der Waals surface area contributed by atoms with Crippen molar-refractivity contribution in [2.45, 2.75) is 31.7 Å². The molecule has 2 fully saturated rings. The second-order valence-electron chi connectivity index (χ2n) is 9.28. The maximum Gasteiger partial charge on any atom is 0.254 e. The number of aromatic amines is 1. The molecule has 4 aromatic rings. The Kier molecular flexibility index (Phi) is 4.91. The number of amides is 1. The molecule has 0 unspecified atom stereocenters. The summed E-state index contributed by atoms with van der Waals surface area (Å²) in [4.78, 5) is 24.9. The van der Waals surface area contributed by atoms with Gasteiger partial charge in [-0.15, -0.1) is 0 Å². The molecule has 34 heavy (non-hydrogen) atoms. The predicted molar refractivity (Wildman–Crippen MR) is 127 cm³/mol. The van der Waals surface area contributed by atoms with Crippen LogP contribution in [0.25, 0.3) is 27.7 Å². The summed E-state index contributed by atoms with van der Waals surface area (Å²) in [6.45, 7) is 1.80. The van der Waals surface area contributed by atoms with Crippen LogP contribution >= 0.6 is 0 Å². The van der Waals surface area contributed by atoms with E-state index in [1.165, 1.54) is 12.8 Å². The molecule has 1 spiro atoms. The summed E-state index contributed by atoms with van der Waals surface area (Å²) in [5, 5.41) is 11.2. The molecule has 0 atom stereocenters. The van der Waals surface area contributed by atoms with Crippen LogP contribution in [0.15, 0.2) is 30.7 Å². The van der Waals surface area contributed by atoms with Crippen molar-refractivity contribution in [3.8, 4) is 17.0 Å². The minimum Gasteiger partial charge on any atom is -0.480 e. The van der Waals surface area contributed by atoms with Gasteiger partial charge in [-0.1, -0.05) is 0 Å². The minimum absolute atomic E-state index is 0.179. The molecule has 10 nitrogen and oxygen atoms in total. The first-order valence-corrected chi connectivity index (χ1v) is 11.6. The number of rotatable bonds is 5. The fraction of sp³-hybridized carbons (Fsp3) is 0.417. The van der Waals surface area contributed by atoms with E-state index in [2.05, 4.69) is 25.7 Å². The molecule has 1 saturated heterocycles. The molecule has 10 heteroatoms. The van der Waals surface area contributed by atoms with Crippen LogP contribution in [0.4, 0.5) is 5.95 Å². The van der Waals surface area contributed by atoms with Crippen molar-refractivity contribution >= 4 is 28.4 Å². The van der Waals surface area contributed by atoms with Gasteiger partial charge in [0.1, 0.15) is 5.65 Å². The average Bonchev–Trinajstić information content (AvgIpc) is 3.46. The van der Waals surface area contributed by atoms with Crippen LogP contribution in [0.2, 0.25) is 0 Å². The first kappa shape index (κ1) is 20.9. The Balaban J connectivity index is 1.32. The van der Waals surface area contributed by atoms with Crippen molar-refractivity contribution in [1.82, 2.24) is 29.9 Å². The average molecular weight is 462 g/mol. The molecular weight excluding hydrogens is 434 g/mol. The summed E-state index contributed by atoms with van der Waals surface area (Å²) in [5.74, 6) is 0.890. The monoisotopic (exact) mass is 461 g/mol. The summed E-state index contributed by atoms with van der Waals surface area (Å²) >= 11 is 0. The second kappa shape index (κ2) is 7.98. The first-order chi connectivity index (χ1) is 16.6. The second-order valence-corrected chi connectivity index (χ2v) is 9.28. The Morgan fingerprint density at radius 1 is 1.29 bits per heavy atom. The lowest BCUT2D eigenvalue weighted by Gasteiger charge is -2.46. The van der Waals surface area contributed by atoms with Crippen molar-refractivity contribution in [2.24, 2.45) is 5.41 Å². The Bertz CT molecular complexity index is 1380. The summed E-state index contributed by atoms with van der Waals surface area (Å²) in [6, 6.07) is 4.23. The predicted octanol–water partition coefficient (Wildman–Crippen LogP) is 3.01. The van der Waals surface area contributed by atoms with Crippen LogP contribution in [0.1, 0.15) is 36.0 Å². The Labute approximate surface area is 196 Å². The van der Waals surface area contributed by atoms with Gasteiger partial charge in [-0.25, -0.2) is 4.52 Å². The lowest BCUT2D eigenvalue weighted by Crippen LogP contribution is -2.47. The topological polar surface area (TPSA) is 118 Å². The van der Waals surface area contributed by atoms with Crippen LogP contribution in [0.3, 0.4) is 0 Å². The molecule has 4 aromatic heterocycles. The number of ether oxygens (including phenoxy) is 2. The van der Waals surface area contributed by atoms with Gasteiger partial charge in [0.25, 0.3) is 5.91 Å². The van der Waals surface area contributed by atoms with Gasteiger partial charge in [-0.3, -0.25) is 4.79 Å². The Morgan fingerprint density at radius 2 is 2.12 bits per heavy atom. The van der Waals surface area contributed by atoms with Gasteiger partial charge in [0.15, 0.2) is 0 Å². The normalized spacial score (nSPS) is 17.7. The number of pyridine rings is 1. The van der Waals surface area contributed by atoms with Gasteiger partial charge in [0.05, 0.1) is 43.0 Å². The molecule has 6 rings (SSSR count). The number of aromatic nitrogens is 5. The zero-order valence-electron chi connectivity index (χ0n) is 19.2. The number of methoxy groups -OCH3 is 1. The number of fused-ring (bicyclic) bond motifs is 2. The molecule has 176 valence electrons. The molecule has 0 aromatic carbocycles. The van der Waals surface area contributed by atoms with Crippen LogP contribution in [0, 0.1) is 5.41 Å².